The van der Waals surface area contributed by atoms with Crippen LogP contribution in [0.5, 0.6) is 0 Å². The van der Waals surface area contributed by atoms with Gasteiger partial charge in [0.1, 0.15) is 5.76 Å². The standard InChI is InChI=1S/C23H31N3O2/c1-17-8-10-19(11-9-17)22-24-21(18(2)28-22)16-25-12-14-26(15-13-25)23(27)20-6-4-3-5-7-20/h8-11,20H,3-7,12-16H2,1-2H3. The highest BCUT2D eigenvalue weighted by atomic mass is 16.4. The first kappa shape index (κ1) is 19.2. The third-order valence-corrected chi connectivity index (χ3v) is 6.20. The van der Waals surface area contributed by atoms with E-state index in [0.29, 0.717) is 11.8 Å². The van der Waals surface area contributed by atoms with E-state index in [1.807, 2.05) is 6.92 Å². The average Bonchev–Trinajstić information content (AvgIpc) is 3.09. The molecule has 1 aliphatic carbocycles. The summed E-state index contributed by atoms with van der Waals surface area (Å²) in [6, 6.07) is 8.27. The van der Waals surface area contributed by atoms with Crippen LogP contribution in [0.4, 0.5) is 0 Å². The number of carbonyl (C=O) groups is 1. The van der Waals surface area contributed by atoms with Crippen molar-refractivity contribution >= 4 is 5.91 Å². The number of oxazole rings is 1. The molecule has 5 nitrogen and oxygen atoms in total. The SMILES string of the molecule is Cc1ccc(-c2nc(CN3CCN(C(=O)C4CCCCC4)CC3)c(C)o2)cc1. The Hall–Kier alpha value is -2.14. The Morgan fingerprint density at radius 3 is 2.39 bits per heavy atom. The predicted octanol–water partition coefficient (Wildman–Crippen LogP) is 4.18. The van der Waals surface area contributed by atoms with Crippen molar-refractivity contribution in [1.82, 2.24) is 14.8 Å². The lowest BCUT2D eigenvalue weighted by Gasteiger charge is -2.36. The van der Waals surface area contributed by atoms with Gasteiger partial charge in [-0.05, 0) is 38.8 Å². The van der Waals surface area contributed by atoms with Crippen LogP contribution in [0.15, 0.2) is 28.7 Å². The lowest BCUT2D eigenvalue weighted by molar-refractivity contribution is -0.138. The van der Waals surface area contributed by atoms with E-state index in [1.165, 1.54) is 24.8 Å². The topological polar surface area (TPSA) is 49.6 Å². The van der Waals surface area contributed by atoms with E-state index in [9.17, 15) is 4.79 Å². The van der Waals surface area contributed by atoms with Crippen molar-refractivity contribution in [2.24, 2.45) is 5.92 Å². The first-order chi connectivity index (χ1) is 13.6. The summed E-state index contributed by atoms with van der Waals surface area (Å²) in [6.07, 6.45) is 5.88. The van der Waals surface area contributed by atoms with E-state index in [0.717, 1.165) is 62.6 Å². The van der Waals surface area contributed by atoms with Gasteiger partial charge in [-0.1, -0.05) is 37.0 Å². The summed E-state index contributed by atoms with van der Waals surface area (Å²) in [5, 5.41) is 0. The Bertz CT molecular complexity index is 798. The van der Waals surface area contributed by atoms with E-state index >= 15 is 0 Å². The van der Waals surface area contributed by atoms with Gasteiger partial charge in [-0.15, -0.1) is 0 Å². The number of carbonyl (C=O) groups excluding carboxylic acids is 1. The quantitative estimate of drug-likeness (QED) is 0.797. The minimum Gasteiger partial charge on any atom is -0.441 e. The summed E-state index contributed by atoms with van der Waals surface area (Å²) in [4.78, 5) is 21.9. The molecule has 150 valence electrons. The van der Waals surface area contributed by atoms with Gasteiger partial charge in [0.2, 0.25) is 11.8 Å². The van der Waals surface area contributed by atoms with Crippen LogP contribution >= 0.6 is 0 Å². The van der Waals surface area contributed by atoms with Gasteiger partial charge in [-0.2, -0.15) is 0 Å². The summed E-state index contributed by atoms with van der Waals surface area (Å²) < 4.78 is 5.92. The zero-order chi connectivity index (χ0) is 19.5. The molecule has 4 rings (SSSR count). The summed E-state index contributed by atoms with van der Waals surface area (Å²) in [5.74, 6) is 2.24. The van der Waals surface area contributed by atoms with Crippen LogP contribution < -0.4 is 0 Å². The lowest BCUT2D eigenvalue weighted by atomic mass is 9.88. The maximum Gasteiger partial charge on any atom is 0.226 e. The molecule has 1 aromatic heterocycles. The van der Waals surface area contributed by atoms with E-state index in [-0.39, 0.29) is 5.92 Å². The number of hydrogen-bond donors (Lipinski definition) is 0. The molecule has 0 atom stereocenters. The van der Waals surface area contributed by atoms with Gasteiger partial charge in [-0.25, -0.2) is 4.98 Å². The average molecular weight is 382 g/mol. The molecule has 0 N–H and O–H groups in total. The fraction of sp³-hybridized carbons (Fsp3) is 0.565. The van der Waals surface area contributed by atoms with E-state index < -0.39 is 0 Å². The molecule has 1 saturated carbocycles. The Kier molecular flexibility index (Phi) is 5.81. The van der Waals surface area contributed by atoms with E-state index in [4.69, 9.17) is 9.40 Å². The van der Waals surface area contributed by atoms with Crippen molar-refractivity contribution in [3.8, 4) is 11.5 Å². The van der Waals surface area contributed by atoms with Gasteiger partial charge in [-0.3, -0.25) is 9.69 Å². The largest absolute Gasteiger partial charge is 0.441 e. The first-order valence-electron chi connectivity index (χ1n) is 10.6. The number of aromatic nitrogens is 1. The van der Waals surface area contributed by atoms with E-state index in [2.05, 4.69) is 41.0 Å². The van der Waals surface area contributed by atoms with Gasteiger partial charge >= 0.3 is 0 Å². The molecule has 2 aliphatic rings. The van der Waals surface area contributed by atoms with Crippen molar-refractivity contribution in [3.63, 3.8) is 0 Å². The Morgan fingerprint density at radius 2 is 1.71 bits per heavy atom. The molecule has 0 spiro atoms. The highest BCUT2D eigenvalue weighted by molar-refractivity contribution is 5.79. The maximum absolute atomic E-state index is 12.7. The molecule has 1 aliphatic heterocycles. The number of hydrogen-bond acceptors (Lipinski definition) is 4. The van der Waals surface area contributed by atoms with Crippen molar-refractivity contribution in [2.45, 2.75) is 52.5 Å². The zero-order valence-corrected chi connectivity index (χ0v) is 17.1. The first-order valence-corrected chi connectivity index (χ1v) is 10.6. The van der Waals surface area contributed by atoms with Crippen LogP contribution in [-0.2, 0) is 11.3 Å². The second kappa shape index (κ2) is 8.48. The predicted molar refractivity (Wildman–Crippen MR) is 110 cm³/mol. The van der Waals surface area contributed by atoms with Crippen LogP contribution in [0.25, 0.3) is 11.5 Å². The number of benzene rings is 1. The Labute approximate surface area is 167 Å². The number of piperazine rings is 1. The molecular weight excluding hydrogens is 350 g/mol. The third kappa shape index (κ3) is 4.30. The molecule has 1 aromatic carbocycles. The molecule has 0 radical (unpaired) electrons. The molecule has 28 heavy (non-hydrogen) atoms. The van der Waals surface area contributed by atoms with Crippen LogP contribution in [0.3, 0.4) is 0 Å². The normalized spacial score (nSPS) is 19.1. The summed E-state index contributed by atoms with van der Waals surface area (Å²) in [5.41, 5.74) is 3.25. The number of amides is 1. The van der Waals surface area contributed by atoms with Crippen LogP contribution in [0.1, 0.15) is 49.1 Å². The smallest absolute Gasteiger partial charge is 0.226 e. The van der Waals surface area contributed by atoms with Crippen LogP contribution in [0, 0.1) is 19.8 Å². The van der Waals surface area contributed by atoms with Gasteiger partial charge < -0.3 is 9.32 Å². The van der Waals surface area contributed by atoms with Crippen molar-refractivity contribution in [2.75, 3.05) is 26.2 Å². The molecule has 2 fully saturated rings. The van der Waals surface area contributed by atoms with Gasteiger partial charge in [0.15, 0.2) is 0 Å². The Morgan fingerprint density at radius 1 is 1.04 bits per heavy atom. The molecule has 1 amide bonds. The summed E-state index contributed by atoms with van der Waals surface area (Å²) in [7, 11) is 0. The molecule has 1 saturated heterocycles. The third-order valence-electron chi connectivity index (χ3n) is 6.20. The molecule has 0 unspecified atom stereocenters. The molecule has 0 bridgehead atoms. The van der Waals surface area contributed by atoms with Gasteiger partial charge in [0.25, 0.3) is 0 Å². The minimum absolute atomic E-state index is 0.273. The van der Waals surface area contributed by atoms with Crippen LogP contribution in [-0.4, -0.2) is 46.9 Å². The second-order valence-electron chi connectivity index (χ2n) is 8.32. The zero-order valence-electron chi connectivity index (χ0n) is 17.1. The van der Waals surface area contributed by atoms with Crippen LogP contribution in [0.2, 0.25) is 0 Å². The second-order valence-corrected chi connectivity index (χ2v) is 8.32. The van der Waals surface area contributed by atoms with Crippen molar-refractivity contribution < 1.29 is 9.21 Å². The fourth-order valence-corrected chi connectivity index (χ4v) is 4.34. The number of aryl methyl sites for hydroxylation is 2. The number of rotatable bonds is 4. The van der Waals surface area contributed by atoms with Crippen molar-refractivity contribution in [3.05, 3.63) is 41.3 Å². The monoisotopic (exact) mass is 381 g/mol. The van der Waals surface area contributed by atoms with Gasteiger partial charge in [0.05, 0.1) is 5.69 Å². The van der Waals surface area contributed by atoms with Gasteiger partial charge in [0, 0.05) is 44.2 Å². The molecule has 5 heteroatoms. The van der Waals surface area contributed by atoms with E-state index in [1.54, 1.807) is 0 Å². The Balaban J connectivity index is 1.33. The van der Waals surface area contributed by atoms with Crippen molar-refractivity contribution in [1.29, 1.82) is 0 Å². The molecule has 2 heterocycles. The highest BCUT2D eigenvalue weighted by Crippen LogP contribution is 2.26. The maximum atomic E-state index is 12.7. The molecular formula is C23H31N3O2. The summed E-state index contributed by atoms with van der Waals surface area (Å²) in [6.45, 7) is 8.33. The minimum atomic E-state index is 0.273. The number of nitrogens with zero attached hydrogens (tertiary/aromatic N) is 3. The highest BCUT2D eigenvalue weighted by Gasteiger charge is 2.28. The molecule has 2 aromatic rings. The lowest BCUT2D eigenvalue weighted by Crippen LogP contribution is -2.50. The fourth-order valence-electron chi connectivity index (χ4n) is 4.34. The summed E-state index contributed by atoms with van der Waals surface area (Å²) >= 11 is 0.